The number of anilines is 1. The number of carboxylic acid groups (broad SMARTS) is 1. The van der Waals surface area contributed by atoms with Crippen molar-refractivity contribution in [2.45, 2.75) is 5.37 Å². The number of para-hydroxylation sites is 1. The average molecular weight is 222 g/mol. The zero-order chi connectivity index (χ0) is 10.8. The molecule has 0 bridgehead atoms. The Morgan fingerprint density at radius 1 is 1.47 bits per heavy atom. The summed E-state index contributed by atoms with van der Waals surface area (Å²) in [6.07, 6.45) is 0. The Kier molecular flexibility index (Phi) is 2.64. The van der Waals surface area contributed by atoms with E-state index in [0.29, 0.717) is 11.6 Å². The van der Waals surface area contributed by atoms with Crippen molar-refractivity contribution in [3.8, 4) is 0 Å². The van der Waals surface area contributed by atoms with Crippen LogP contribution in [0.2, 0.25) is 0 Å². The van der Waals surface area contributed by atoms with Crippen molar-refractivity contribution in [1.29, 1.82) is 5.41 Å². The van der Waals surface area contributed by atoms with E-state index in [0.717, 1.165) is 17.4 Å². The highest BCUT2D eigenvalue weighted by atomic mass is 32.2. The molecule has 1 aromatic rings. The Morgan fingerprint density at radius 2 is 2.13 bits per heavy atom. The Balaban J connectivity index is 2.28. The second-order valence-electron chi connectivity index (χ2n) is 3.20. The van der Waals surface area contributed by atoms with Crippen LogP contribution in [0.3, 0.4) is 0 Å². The number of nitrogens with one attached hydrogen (secondary N) is 1. The predicted octanol–water partition coefficient (Wildman–Crippen LogP) is 1.63. The third kappa shape index (κ3) is 1.97. The van der Waals surface area contributed by atoms with Crippen LogP contribution in [0, 0.1) is 5.41 Å². The van der Waals surface area contributed by atoms with Gasteiger partial charge < -0.3 is 10.0 Å². The van der Waals surface area contributed by atoms with Gasteiger partial charge in [0.25, 0.3) is 0 Å². The van der Waals surface area contributed by atoms with Gasteiger partial charge >= 0.3 is 5.97 Å². The fourth-order valence-electron chi connectivity index (χ4n) is 1.50. The first-order valence-electron chi connectivity index (χ1n) is 4.47. The van der Waals surface area contributed by atoms with Crippen LogP contribution in [0.15, 0.2) is 30.3 Å². The predicted molar refractivity (Wildman–Crippen MR) is 60.5 cm³/mol. The molecule has 1 aliphatic rings. The van der Waals surface area contributed by atoms with Crippen LogP contribution in [0.4, 0.5) is 5.69 Å². The molecule has 1 fully saturated rings. The molecule has 0 radical (unpaired) electrons. The maximum absolute atomic E-state index is 11.0. The Bertz CT molecular complexity index is 394. The summed E-state index contributed by atoms with van der Waals surface area (Å²) >= 11 is 1.09. The zero-order valence-electron chi connectivity index (χ0n) is 7.88. The third-order valence-electron chi connectivity index (χ3n) is 2.15. The molecular weight excluding hydrogens is 212 g/mol. The van der Waals surface area contributed by atoms with Gasteiger partial charge in [-0.15, -0.1) is 0 Å². The molecule has 0 amide bonds. The third-order valence-corrected chi connectivity index (χ3v) is 3.24. The zero-order valence-corrected chi connectivity index (χ0v) is 8.70. The first kappa shape index (κ1) is 10.0. The van der Waals surface area contributed by atoms with Gasteiger partial charge in [-0.3, -0.25) is 5.41 Å². The lowest BCUT2D eigenvalue weighted by molar-refractivity contribution is -0.136. The van der Waals surface area contributed by atoms with Crippen molar-refractivity contribution >= 4 is 28.5 Å². The summed E-state index contributed by atoms with van der Waals surface area (Å²) in [7, 11) is 0. The van der Waals surface area contributed by atoms with Gasteiger partial charge in [-0.1, -0.05) is 30.0 Å². The fraction of sp³-hybridized carbons (Fsp3) is 0.200. The molecule has 0 aliphatic carbocycles. The molecule has 0 aromatic heterocycles. The first-order chi connectivity index (χ1) is 7.18. The van der Waals surface area contributed by atoms with Crippen molar-refractivity contribution in [3.05, 3.63) is 30.3 Å². The number of carboxylic acids is 1. The van der Waals surface area contributed by atoms with Crippen LogP contribution in [-0.4, -0.2) is 28.0 Å². The topological polar surface area (TPSA) is 64.4 Å². The van der Waals surface area contributed by atoms with Gasteiger partial charge in [0, 0.05) is 5.69 Å². The Hall–Kier alpha value is -1.49. The second-order valence-corrected chi connectivity index (χ2v) is 4.37. The number of nitrogens with zero attached hydrogens (tertiary/aromatic N) is 1. The first-order valence-corrected chi connectivity index (χ1v) is 5.35. The van der Waals surface area contributed by atoms with E-state index in [1.165, 1.54) is 0 Å². The van der Waals surface area contributed by atoms with Gasteiger partial charge in [0.2, 0.25) is 0 Å². The molecule has 1 atom stereocenters. The van der Waals surface area contributed by atoms with Gasteiger partial charge in [-0.25, -0.2) is 4.79 Å². The summed E-state index contributed by atoms with van der Waals surface area (Å²) in [5, 5.41) is 16.2. The van der Waals surface area contributed by atoms with E-state index in [1.54, 1.807) is 4.90 Å². The minimum absolute atomic E-state index is 0.381. The summed E-state index contributed by atoms with van der Waals surface area (Å²) in [5.41, 5.74) is 0.847. The molecule has 1 heterocycles. The molecule has 0 saturated carbocycles. The minimum Gasteiger partial charge on any atom is -0.479 e. The molecule has 1 unspecified atom stereocenters. The smallest absolute Gasteiger partial charge is 0.337 e. The van der Waals surface area contributed by atoms with E-state index in [9.17, 15) is 4.79 Å². The maximum atomic E-state index is 11.0. The SMILES string of the molecule is N=C1CN(c2ccccc2)C(C(=O)O)S1. The number of hydrogen-bond donors (Lipinski definition) is 2. The largest absolute Gasteiger partial charge is 0.479 e. The fourth-order valence-corrected chi connectivity index (χ4v) is 2.41. The summed E-state index contributed by atoms with van der Waals surface area (Å²) in [5.74, 6) is -0.897. The standard InChI is InChI=1S/C10H10N2O2S/c11-8-6-12(9(15-8)10(13)14)7-4-2-1-3-5-7/h1-5,9,11H,6H2,(H,13,14). The molecule has 2 N–H and O–H groups in total. The van der Waals surface area contributed by atoms with E-state index < -0.39 is 11.3 Å². The summed E-state index contributed by atoms with van der Waals surface area (Å²) in [6, 6.07) is 9.32. The Morgan fingerprint density at radius 3 is 2.73 bits per heavy atom. The Labute approximate surface area is 91.4 Å². The highest BCUT2D eigenvalue weighted by molar-refractivity contribution is 8.15. The number of hydrogen-bond acceptors (Lipinski definition) is 4. The lowest BCUT2D eigenvalue weighted by Gasteiger charge is -2.21. The van der Waals surface area contributed by atoms with E-state index in [2.05, 4.69) is 0 Å². The lowest BCUT2D eigenvalue weighted by atomic mass is 10.3. The molecule has 5 heteroatoms. The molecule has 78 valence electrons. The van der Waals surface area contributed by atoms with Gasteiger partial charge in [0.15, 0.2) is 5.37 Å². The summed E-state index contributed by atoms with van der Waals surface area (Å²) < 4.78 is 0. The highest BCUT2D eigenvalue weighted by Gasteiger charge is 2.34. The summed E-state index contributed by atoms with van der Waals surface area (Å²) in [6.45, 7) is 0.381. The molecule has 0 spiro atoms. The van der Waals surface area contributed by atoms with E-state index in [1.807, 2.05) is 30.3 Å². The van der Waals surface area contributed by atoms with Crippen LogP contribution < -0.4 is 4.90 Å². The molecule has 15 heavy (non-hydrogen) atoms. The van der Waals surface area contributed by atoms with Crippen LogP contribution in [0.25, 0.3) is 0 Å². The van der Waals surface area contributed by atoms with Crippen LogP contribution in [-0.2, 0) is 4.79 Å². The monoisotopic (exact) mass is 222 g/mol. The van der Waals surface area contributed by atoms with E-state index in [-0.39, 0.29) is 0 Å². The maximum Gasteiger partial charge on any atom is 0.337 e. The normalized spacial score (nSPS) is 20.7. The van der Waals surface area contributed by atoms with Crippen molar-refractivity contribution in [2.24, 2.45) is 0 Å². The number of benzene rings is 1. The van der Waals surface area contributed by atoms with E-state index in [4.69, 9.17) is 10.5 Å². The van der Waals surface area contributed by atoms with Crippen LogP contribution in [0.5, 0.6) is 0 Å². The minimum atomic E-state index is -0.897. The number of thioether (sulfide) groups is 1. The highest BCUT2D eigenvalue weighted by Crippen LogP contribution is 2.30. The average Bonchev–Trinajstić information content (AvgIpc) is 2.62. The van der Waals surface area contributed by atoms with Gasteiger partial charge in [0.1, 0.15) is 0 Å². The number of aliphatic carboxylic acids is 1. The van der Waals surface area contributed by atoms with E-state index >= 15 is 0 Å². The number of carbonyl (C=O) groups is 1. The molecule has 1 saturated heterocycles. The van der Waals surface area contributed by atoms with Crippen LogP contribution >= 0.6 is 11.8 Å². The molecule has 2 rings (SSSR count). The van der Waals surface area contributed by atoms with Crippen molar-refractivity contribution in [2.75, 3.05) is 11.4 Å². The molecule has 1 aliphatic heterocycles. The molecule has 1 aromatic carbocycles. The summed E-state index contributed by atoms with van der Waals surface area (Å²) in [4.78, 5) is 12.7. The molecular formula is C10H10N2O2S. The van der Waals surface area contributed by atoms with Crippen molar-refractivity contribution < 1.29 is 9.90 Å². The quantitative estimate of drug-likeness (QED) is 0.798. The van der Waals surface area contributed by atoms with Gasteiger partial charge in [0.05, 0.1) is 11.6 Å². The van der Waals surface area contributed by atoms with Crippen molar-refractivity contribution in [1.82, 2.24) is 0 Å². The van der Waals surface area contributed by atoms with Crippen LogP contribution in [0.1, 0.15) is 0 Å². The second kappa shape index (κ2) is 3.94. The van der Waals surface area contributed by atoms with Gasteiger partial charge in [-0.05, 0) is 12.1 Å². The van der Waals surface area contributed by atoms with Crippen molar-refractivity contribution in [3.63, 3.8) is 0 Å². The molecule has 4 nitrogen and oxygen atoms in total. The lowest BCUT2D eigenvalue weighted by Crippen LogP contribution is -2.34. The van der Waals surface area contributed by atoms with Gasteiger partial charge in [-0.2, -0.15) is 0 Å². The number of rotatable bonds is 2.